The van der Waals surface area contributed by atoms with E-state index in [9.17, 15) is 0 Å². The Hall–Kier alpha value is -2.23. The zero-order valence-corrected chi connectivity index (χ0v) is 10.0. The topological polar surface area (TPSA) is 54.5 Å². The lowest BCUT2D eigenvalue weighted by Crippen LogP contribution is -1.91. The highest BCUT2D eigenvalue weighted by molar-refractivity contribution is 5.68. The van der Waals surface area contributed by atoms with Crippen molar-refractivity contribution in [3.05, 3.63) is 54.2 Å². The number of H-pyrrole nitrogens is 1. The van der Waals surface area contributed by atoms with E-state index < -0.39 is 0 Å². The van der Waals surface area contributed by atoms with Crippen LogP contribution in [0.1, 0.15) is 17.8 Å². The average molecular weight is 238 g/mol. The molecule has 0 unspecified atom stereocenters. The fourth-order valence-corrected chi connectivity index (χ4v) is 2.03. The molecule has 0 amide bonds. The molecule has 0 fully saturated rings. The minimum Gasteiger partial charge on any atom is -0.339 e. The zero-order valence-electron chi connectivity index (χ0n) is 10.0. The second kappa shape index (κ2) is 4.96. The summed E-state index contributed by atoms with van der Waals surface area (Å²) in [6, 6.07) is 10.5. The maximum absolute atomic E-state index is 4.44. The molecule has 4 heteroatoms. The third kappa shape index (κ3) is 2.37. The molecule has 0 bridgehead atoms. The van der Waals surface area contributed by atoms with E-state index in [1.165, 1.54) is 11.9 Å². The van der Waals surface area contributed by atoms with E-state index in [0.29, 0.717) is 0 Å². The highest BCUT2D eigenvalue weighted by Gasteiger charge is 2.03. The highest BCUT2D eigenvalue weighted by atomic mass is 15.0. The number of nitrogens with one attached hydrogen (secondary N) is 1. The number of aromatic amines is 1. The van der Waals surface area contributed by atoms with Gasteiger partial charge in [-0.1, -0.05) is 30.3 Å². The minimum absolute atomic E-state index is 0.750. The van der Waals surface area contributed by atoms with Gasteiger partial charge in [0.2, 0.25) is 0 Å². The van der Waals surface area contributed by atoms with Gasteiger partial charge in [0.05, 0.1) is 6.20 Å². The predicted molar refractivity (Wildman–Crippen MR) is 70.2 cm³/mol. The van der Waals surface area contributed by atoms with Gasteiger partial charge in [0.25, 0.3) is 0 Å². The van der Waals surface area contributed by atoms with E-state index in [0.717, 1.165) is 36.3 Å². The van der Waals surface area contributed by atoms with Gasteiger partial charge in [-0.2, -0.15) is 0 Å². The molecule has 0 atom stereocenters. The molecule has 0 spiro atoms. The first-order chi connectivity index (χ1) is 8.92. The van der Waals surface area contributed by atoms with Crippen molar-refractivity contribution in [1.82, 2.24) is 19.9 Å². The van der Waals surface area contributed by atoms with Crippen molar-refractivity contribution in [2.24, 2.45) is 0 Å². The van der Waals surface area contributed by atoms with Crippen LogP contribution in [0.15, 0.2) is 42.9 Å². The minimum atomic E-state index is 0.750. The van der Waals surface area contributed by atoms with E-state index in [4.69, 9.17) is 0 Å². The van der Waals surface area contributed by atoms with Gasteiger partial charge in [0.15, 0.2) is 5.65 Å². The quantitative estimate of drug-likeness (QED) is 0.760. The number of aryl methyl sites for hydroxylation is 2. The zero-order chi connectivity index (χ0) is 12.2. The molecule has 2 heterocycles. The monoisotopic (exact) mass is 238 g/mol. The van der Waals surface area contributed by atoms with Crippen LogP contribution in [0.25, 0.3) is 11.2 Å². The molecule has 4 nitrogen and oxygen atoms in total. The Kier molecular flexibility index (Phi) is 3.00. The molecule has 3 aromatic rings. The fraction of sp³-hybridized carbons (Fsp3) is 0.214. The molecule has 0 aliphatic carbocycles. The summed E-state index contributed by atoms with van der Waals surface area (Å²) in [5, 5.41) is 0. The molecular weight excluding hydrogens is 224 g/mol. The van der Waals surface area contributed by atoms with Crippen LogP contribution in [0, 0.1) is 0 Å². The Bertz CT molecular complexity index is 597. The summed E-state index contributed by atoms with van der Waals surface area (Å²) in [7, 11) is 0. The van der Waals surface area contributed by atoms with E-state index in [2.05, 4.69) is 44.2 Å². The van der Waals surface area contributed by atoms with Crippen molar-refractivity contribution in [3.63, 3.8) is 0 Å². The lowest BCUT2D eigenvalue weighted by atomic mass is 10.1. The van der Waals surface area contributed by atoms with Crippen LogP contribution in [0.4, 0.5) is 0 Å². The number of hydrogen-bond acceptors (Lipinski definition) is 3. The number of aromatic nitrogens is 4. The molecule has 3 rings (SSSR count). The second-order valence-corrected chi connectivity index (χ2v) is 4.28. The standard InChI is InChI=1S/C14H14N4/c1-2-5-11(6-3-1)7-4-8-13-17-12-9-15-10-16-14(12)18-13/h1-3,5-6,9-10H,4,7-8H2,(H,15,16,17,18). The molecule has 0 saturated heterocycles. The Labute approximate surface area is 105 Å². The largest absolute Gasteiger partial charge is 0.339 e. The number of imidazole rings is 1. The molecule has 1 N–H and O–H groups in total. The van der Waals surface area contributed by atoms with Gasteiger partial charge in [-0.3, -0.25) is 0 Å². The van der Waals surface area contributed by atoms with Crippen molar-refractivity contribution in [1.29, 1.82) is 0 Å². The average Bonchev–Trinajstić information content (AvgIpc) is 2.82. The Balaban J connectivity index is 1.63. The Morgan fingerprint density at radius 3 is 2.78 bits per heavy atom. The maximum Gasteiger partial charge on any atom is 0.180 e. The fourth-order valence-electron chi connectivity index (χ4n) is 2.03. The van der Waals surface area contributed by atoms with Crippen LogP contribution >= 0.6 is 0 Å². The first kappa shape index (κ1) is 10.9. The van der Waals surface area contributed by atoms with Crippen LogP contribution in [-0.2, 0) is 12.8 Å². The van der Waals surface area contributed by atoms with Gasteiger partial charge in [0, 0.05) is 6.42 Å². The van der Waals surface area contributed by atoms with Crippen LogP contribution < -0.4 is 0 Å². The summed E-state index contributed by atoms with van der Waals surface area (Å²) in [4.78, 5) is 15.8. The lowest BCUT2D eigenvalue weighted by Gasteiger charge is -1.99. The van der Waals surface area contributed by atoms with E-state index in [1.807, 2.05) is 6.07 Å². The highest BCUT2D eigenvalue weighted by Crippen LogP contribution is 2.09. The Morgan fingerprint density at radius 2 is 1.94 bits per heavy atom. The number of benzene rings is 1. The van der Waals surface area contributed by atoms with Crippen molar-refractivity contribution in [2.45, 2.75) is 19.3 Å². The van der Waals surface area contributed by atoms with Gasteiger partial charge in [-0.05, 0) is 18.4 Å². The SMILES string of the molecule is c1ccc(CCCc2nc3ncncc3[nH]2)cc1. The summed E-state index contributed by atoms with van der Waals surface area (Å²) >= 11 is 0. The maximum atomic E-state index is 4.44. The number of fused-ring (bicyclic) bond motifs is 1. The first-order valence-electron chi connectivity index (χ1n) is 6.10. The third-order valence-corrected chi connectivity index (χ3v) is 2.93. The van der Waals surface area contributed by atoms with Gasteiger partial charge in [0.1, 0.15) is 17.7 Å². The predicted octanol–water partition coefficient (Wildman–Crippen LogP) is 2.53. The van der Waals surface area contributed by atoms with Crippen molar-refractivity contribution < 1.29 is 0 Å². The lowest BCUT2D eigenvalue weighted by molar-refractivity contribution is 0.785. The Morgan fingerprint density at radius 1 is 1.06 bits per heavy atom. The summed E-state index contributed by atoms with van der Waals surface area (Å²) in [6.45, 7) is 0. The molecular formula is C14H14N4. The molecule has 90 valence electrons. The third-order valence-electron chi connectivity index (χ3n) is 2.93. The summed E-state index contributed by atoms with van der Waals surface area (Å²) in [5.41, 5.74) is 3.03. The van der Waals surface area contributed by atoms with E-state index >= 15 is 0 Å². The second-order valence-electron chi connectivity index (χ2n) is 4.28. The van der Waals surface area contributed by atoms with Crippen LogP contribution in [0.5, 0.6) is 0 Å². The summed E-state index contributed by atoms with van der Waals surface area (Å²) in [5.74, 6) is 0.987. The van der Waals surface area contributed by atoms with Crippen molar-refractivity contribution >= 4 is 11.2 Å². The van der Waals surface area contributed by atoms with E-state index in [1.54, 1.807) is 6.20 Å². The van der Waals surface area contributed by atoms with Gasteiger partial charge in [-0.15, -0.1) is 0 Å². The number of rotatable bonds is 4. The number of nitrogens with zero attached hydrogens (tertiary/aromatic N) is 3. The smallest absolute Gasteiger partial charge is 0.180 e. The molecule has 18 heavy (non-hydrogen) atoms. The van der Waals surface area contributed by atoms with Crippen LogP contribution in [-0.4, -0.2) is 19.9 Å². The van der Waals surface area contributed by atoms with Crippen molar-refractivity contribution in [3.8, 4) is 0 Å². The molecule has 0 aliphatic heterocycles. The van der Waals surface area contributed by atoms with Crippen molar-refractivity contribution in [2.75, 3.05) is 0 Å². The van der Waals surface area contributed by atoms with Crippen LogP contribution in [0.2, 0.25) is 0 Å². The van der Waals surface area contributed by atoms with Gasteiger partial charge < -0.3 is 4.98 Å². The first-order valence-corrected chi connectivity index (χ1v) is 6.10. The van der Waals surface area contributed by atoms with Crippen LogP contribution in [0.3, 0.4) is 0 Å². The number of hydrogen-bond donors (Lipinski definition) is 1. The van der Waals surface area contributed by atoms with Gasteiger partial charge in [-0.25, -0.2) is 15.0 Å². The molecule has 0 saturated carbocycles. The summed E-state index contributed by atoms with van der Waals surface area (Å²) in [6.07, 6.45) is 6.37. The molecule has 0 aliphatic rings. The normalized spacial score (nSPS) is 10.9. The molecule has 1 aromatic carbocycles. The molecule has 2 aromatic heterocycles. The summed E-state index contributed by atoms with van der Waals surface area (Å²) < 4.78 is 0. The van der Waals surface area contributed by atoms with E-state index in [-0.39, 0.29) is 0 Å². The van der Waals surface area contributed by atoms with Gasteiger partial charge >= 0.3 is 0 Å². The molecule has 0 radical (unpaired) electrons.